The minimum absolute atomic E-state index is 0.00652. The number of carbonyl (C=O) groups excluding carboxylic acids is 9. The molecule has 0 spiro atoms. The Morgan fingerprint density at radius 1 is 0.412 bits per heavy atom. The van der Waals surface area contributed by atoms with Gasteiger partial charge in [-0.25, -0.2) is 9.59 Å². The summed E-state index contributed by atoms with van der Waals surface area (Å²) >= 11 is 0. The van der Waals surface area contributed by atoms with Gasteiger partial charge in [-0.3, -0.25) is 33.6 Å². The Bertz CT molecular complexity index is 1460. The summed E-state index contributed by atoms with van der Waals surface area (Å²) in [6, 6.07) is 0. The van der Waals surface area contributed by atoms with Crippen molar-refractivity contribution < 1.29 is 52.6 Å². The second kappa shape index (κ2) is 41.1. The van der Waals surface area contributed by atoms with Gasteiger partial charge in [-0.2, -0.15) is 0 Å². The van der Waals surface area contributed by atoms with Gasteiger partial charge < -0.3 is 62.6 Å². The Kier molecular flexibility index (Phi) is 40.7. The van der Waals surface area contributed by atoms with Crippen LogP contribution in [0.3, 0.4) is 0 Å². The second-order valence-corrected chi connectivity index (χ2v) is 18.1. The molecular weight excluding hydrogens is 881 g/mol. The number of Topliss-reactive ketones (excluding diaryl/α,β-unsaturated/α-hetero) is 2. The van der Waals surface area contributed by atoms with Crippen molar-refractivity contribution in [2.75, 3.05) is 85.1 Å². The third-order valence-corrected chi connectivity index (χ3v) is 9.02. The summed E-state index contributed by atoms with van der Waals surface area (Å²) in [6.07, 6.45) is 5.59. The number of alkyl carbamates (subject to hydrolysis) is 2. The monoisotopic (exact) mass is 973 g/mol. The number of rotatable bonds is 32. The van der Waals surface area contributed by atoms with Crippen LogP contribution in [0.1, 0.15) is 153 Å². The summed E-state index contributed by atoms with van der Waals surface area (Å²) in [7, 11) is 0. The molecule has 0 aliphatic carbocycles. The molecule has 396 valence electrons. The first kappa shape index (κ1) is 67.4. The van der Waals surface area contributed by atoms with Crippen LogP contribution < -0.4 is 38.5 Å². The number of nitrogens with zero attached hydrogens (tertiary/aromatic N) is 3. The van der Waals surface area contributed by atoms with Crippen molar-refractivity contribution in [3.8, 4) is 0 Å². The van der Waals surface area contributed by atoms with Crippen molar-refractivity contribution in [3.05, 3.63) is 0 Å². The van der Waals surface area contributed by atoms with Gasteiger partial charge in [0.15, 0.2) is 0 Å². The SMILES string of the molecule is CC(C)(C)OC(=O)NCCC(=O)N(CCCN)CCCN.CCCN(CCC(=O)CCCNC(C)=O)C(=O)CCN.CCCN(CCC(=O)CCCNC(C)=O)C(=O)CCNC(=O)OC(C)(C)C. The highest BCUT2D eigenvalue weighted by molar-refractivity contribution is 5.82. The van der Waals surface area contributed by atoms with Gasteiger partial charge in [0.25, 0.3) is 0 Å². The Hall–Kier alpha value is -4.89. The number of nitrogens with one attached hydrogen (secondary N) is 4. The van der Waals surface area contributed by atoms with Gasteiger partial charge in [-0.1, -0.05) is 13.8 Å². The number of carbonyl (C=O) groups is 9. The van der Waals surface area contributed by atoms with Gasteiger partial charge in [0, 0.05) is 131 Å². The summed E-state index contributed by atoms with van der Waals surface area (Å²) in [4.78, 5) is 109. The largest absolute Gasteiger partial charge is 0.444 e. The molecule has 0 saturated carbocycles. The van der Waals surface area contributed by atoms with E-state index >= 15 is 0 Å². The zero-order chi connectivity index (χ0) is 52.6. The van der Waals surface area contributed by atoms with Gasteiger partial charge >= 0.3 is 12.2 Å². The fourth-order valence-electron chi connectivity index (χ4n) is 5.83. The first-order valence-corrected chi connectivity index (χ1v) is 24.2. The van der Waals surface area contributed by atoms with Crippen molar-refractivity contribution in [1.82, 2.24) is 36.0 Å². The number of hydrogen-bond acceptors (Lipinski definition) is 14. The number of ether oxygens (including phenoxy) is 2. The molecule has 0 aromatic rings. The Morgan fingerprint density at radius 2 is 0.750 bits per heavy atom. The molecule has 7 amide bonds. The van der Waals surface area contributed by atoms with Crippen LogP contribution in [0.4, 0.5) is 9.59 Å². The maximum atomic E-state index is 12.3. The summed E-state index contributed by atoms with van der Waals surface area (Å²) in [6.45, 7) is 23.8. The molecule has 10 N–H and O–H groups in total. The highest BCUT2D eigenvalue weighted by Crippen LogP contribution is 2.08. The molecule has 0 heterocycles. The third kappa shape index (κ3) is 44.9. The van der Waals surface area contributed by atoms with E-state index in [0.29, 0.717) is 117 Å². The van der Waals surface area contributed by atoms with Gasteiger partial charge in [-0.15, -0.1) is 0 Å². The molecule has 0 radical (unpaired) electrons. The molecule has 0 aliphatic heterocycles. The lowest BCUT2D eigenvalue weighted by Gasteiger charge is -2.23. The molecule has 0 bridgehead atoms. The average molecular weight is 973 g/mol. The molecule has 0 saturated heterocycles. The van der Waals surface area contributed by atoms with E-state index in [1.807, 2.05) is 13.8 Å². The van der Waals surface area contributed by atoms with Crippen LogP contribution in [0.2, 0.25) is 0 Å². The molecular formula is C47H92N10O11. The molecule has 0 fully saturated rings. The van der Waals surface area contributed by atoms with Crippen LogP contribution in [0.25, 0.3) is 0 Å². The van der Waals surface area contributed by atoms with E-state index in [9.17, 15) is 43.2 Å². The van der Waals surface area contributed by atoms with Gasteiger partial charge in [0.05, 0.1) is 0 Å². The lowest BCUT2D eigenvalue weighted by Crippen LogP contribution is -2.38. The summed E-state index contributed by atoms with van der Waals surface area (Å²) in [5.41, 5.74) is 15.2. The first-order chi connectivity index (χ1) is 31.9. The second-order valence-electron chi connectivity index (χ2n) is 18.1. The minimum Gasteiger partial charge on any atom is -0.444 e. The summed E-state index contributed by atoms with van der Waals surface area (Å²) < 4.78 is 10.2. The summed E-state index contributed by atoms with van der Waals surface area (Å²) in [5, 5.41) is 10.4. The van der Waals surface area contributed by atoms with Crippen LogP contribution in [0, 0.1) is 0 Å². The van der Waals surface area contributed by atoms with E-state index in [1.165, 1.54) is 13.8 Å². The number of ketones is 2. The minimum atomic E-state index is -0.581. The van der Waals surface area contributed by atoms with E-state index < -0.39 is 23.4 Å². The Labute approximate surface area is 407 Å². The lowest BCUT2D eigenvalue weighted by atomic mass is 10.1. The highest BCUT2D eigenvalue weighted by Gasteiger charge is 2.20. The zero-order valence-corrected chi connectivity index (χ0v) is 43.4. The van der Waals surface area contributed by atoms with Crippen LogP contribution in [-0.4, -0.2) is 164 Å². The predicted molar refractivity (Wildman–Crippen MR) is 264 cm³/mol. The maximum absolute atomic E-state index is 12.3. The first-order valence-electron chi connectivity index (χ1n) is 24.2. The molecule has 21 nitrogen and oxygen atoms in total. The van der Waals surface area contributed by atoms with Crippen molar-refractivity contribution >= 4 is 53.3 Å². The van der Waals surface area contributed by atoms with Crippen LogP contribution in [0.5, 0.6) is 0 Å². The fourth-order valence-corrected chi connectivity index (χ4v) is 5.83. The van der Waals surface area contributed by atoms with Gasteiger partial charge in [-0.05, 0) is 93.2 Å². The fraction of sp³-hybridized carbons (Fsp3) is 0.809. The van der Waals surface area contributed by atoms with Crippen molar-refractivity contribution in [3.63, 3.8) is 0 Å². The van der Waals surface area contributed by atoms with Crippen molar-refractivity contribution in [2.45, 2.75) is 164 Å². The molecule has 0 aliphatic rings. The van der Waals surface area contributed by atoms with Crippen molar-refractivity contribution in [1.29, 1.82) is 0 Å². The van der Waals surface area contributed by atoms with Crippen LogP contribution in [-0.2, 0) is 43.0 Å². The average Bonchev–Trinajstić information content (AvgIpc) is 3.23. The predicted octanol–water partition coefficient (Wildman–Crippen LogP) is 2.89. The third-order valence-electron chi connectivity index (χ3n) is 9.02. The molecule has 0 unspecified atom stereocenters. The molecule has 0 aromatic heterocycles. The molecule has 0 aromatic carbocycles. The molecule has 0 rings (SSSR count). The highest BCUT2D eigenvalue weighted by atomic mass is 16.6. The topological polar surface area (TPSA) is 308 Å². The number of hydrogen-bond donors (Lipinski definition) is 7. The van der Waals surface area contributed by atoms with E-state index in [2.05, 4.69) is 21.3 Å². The number of amides is 7. The molecule has 68 heavy (non-hydrogen) atoms. The van der Waals surface area contributed by atoms with Gasteiger partial charge in [0.2, 0.25) is 29.5 Å². The standard InChI is InChI=1S/C19H35N3O5.C14H30N4O3.C14H27N3O3/c1-6-13-22(14-10-16(24)8-7-11-20-15(2)23)17(25)9-12-21-18(26)27-19(3,4)5;1-14(2,3)21-13(20)17-9-6-12(19)18(10-4-7-15)11-5-8-16;1-3-10-17(14(20)6-8-15)11-7-13(19)5-4-9-16-12(2)18/h6-14H2,1-5H3,(H,20,23)(H,21,26);4-11,15-16H2,1-3H3,(H,17,20);3-11,15H2,1-2H3,(H,16,18). The van der Waals surface area contributed by atoms with Crippen molar-refractivity contribution in [2.24, 2.45) is 17.2 Å². The molecule has 0 atom stereocenters. The smallest absolute Gasteiger partial charge is 0.407 e. The zero-order valence-electron chi connectivity index (χ0n) is 43.4. The van der Waals surface area contributed by atoms with Gasteiger partial charge in [0.1, 0.15) is 22.8 Å². The van der Waals surface area contributed by atoms with E-state index in [4.69, 9.17) is 26.7 Å². The lowest BCUT2D eigenvalue weighted by molar-refractivity contribution is -0.132. The Morgan fingerprint density at radius 3 is 1.04 bits per heavy atom. The quantitative estimate of drug-likeness (QED) is 0.0477. The van der Waals surface area contributed by atoms with E-state index in [-0.39, 0.29) is 67.0 Å². The Balaban J connectivity index is -0.000000946. The number of nitrogens with two attached hydrogens (primary N) is 3. The maximum Gasteiger partial charge on any atom is 0.407 e. The summed E-state index contributed by atoms with van der Waals surface area (Å²) in [5.74, 6) is -0.0912. The molecule has 21 heteroatoms. The van der Waals surface area contributed by atoms with E-state index in [1.54, 1.807) is 56.2 Å². The van der Waals surface area contributed by atoms with Crippen LogP contribution >= 0.6 is 0 Å². The normalized spacial score (nSPS) is 10.7. The van der Waals surface area contributed by atoms with E-state index in [0.717, 1.165) is 25.7 Å². The van der Waals surface area contributed by atoms with Crippen LogP contribution in [0.15, 0.2) is 0 Å².